The van der Waals surface area contributed by atoms with E-state index >= 15 is 0 Å². The molecule has 33 heavy (non-hydrogen) atoms. The largest absolute Gasteiger partial charge is 0.477 e. The zero-order chi connectivity index (χ0) is 23.5. The molecule has 172 valence electrons. The fourth-order valence-electron chi connectivity index (χ4n) is 4.55. The number of nitrogens with zero attached hydrogens (tertiary/aromatic N) is 2. The molecule has 0 spiro atoms. The van der Waals surface area contributed by atoms with Crippen molar-refractivity contribution in [2.24, 2.45) is 11.8 Å². The zero-order valence-electron chi connectivity index (χ0n) is 19.3. The number of carbonyl (C=O) groups excluding carboxylic acids is 1. The highest BCUT2D eigenvalue weighted by atomic mass is 32.1. The maximum atomic E-state index is 13.5. The molecule has 0 aliphatic heterocycles. The number of aromatic nitrogens is 1. The molecule has 0 radical (unpaired) electrons. The third-order valence-corrected chi connectivity index (χ3v) is 7.58. The van der Waals surface area contributed by atoms with Gasteiger partial charge in [0.2, 0.25) is 5.91 Å². The average Bonchev–Trinajstić information content (AvgIpc) is 3.25. The normalized spacial score (nSPS) is 18.3. The van der Waals surface area contributed by atoms with Gasteiger partial charge >= 0.3 is 5.97 Å². The molecule has 0 atom stereocenters. The molecule has 0 saturated heterocycles. The molecule has 1 N–H and O–H groups in total. The van der Waals surface area contributed by atoms with Gasteiger partial charge in [-0.05, 0) is 69.2 Å². The standard InChI is InChI=1S/C27H30N2O3S/c1-17(2)29(26(30)21-9-7-18(3)8-10-21)23-16-24(33-25(23)27(31)32)20-13-11-19(12-14-20)22-6-4-5-15-28-22/h4-6,11-18,21H,7-10H2,1-3H3,(H,31,32). The number of carboxylic acid groups (broad SMARTS) is 1. The van der Waals surface area contributed by atoms with Gasteiger partial charge in [-0.2, -0.15) is 0 Å². The smallest absolute Gasteiger partial charge is 0.348 e. The Morgan fingerprint density at radius 3 is 2.27 bits per heavy atom. The summed E-state index contributed by atoms with van der Waals surface area (Å²) in [6.45, 7) is 6.13. The summed E-state index contributed by atoms with van der Waals surface area (Å²) in [4.78, 5) is 32.8. The number of amides is 1. The summed E-state index contributed by atoms with van der Waals surface area (Å²) in [6.07, 6.45) is 5.60. The van der Waals surface area contributed by atoms with Crippen molar-refractivity contribution in [2.75, 3.05) is 4.90 Å². The monoisotopic (exact) mass is 462 g/mol. The van der Waals surface area contributed by atoms with Crippen LogP contribution in [0.15, 0.2) is 54.7 Å². The van der Waals surface area contributed by atoms with E-state index in [1.165, 1.54) is 11.3 Å². The number of pyridine rings is 1. The Labute approximate surface area is 199 Å². The summed E-state index contributed by atoms with van der Waals surface area (Å²) in [5, 5.41) is 9.94. The predicted octanol–water partition coefficient (Wildman–Crippen LogP) is 6.74. The van der Waals surface area contributed by atoms with E-state index in [0.29, 0.717) is 11.6 Å². The Bertz CT molecular complexity index is 1110. The van der Waals surface area contributed by atoms with Gasteiger partial charge in [0, 0.05) is 28.6 Å². The fourth-order valence-corrected chi connectivity index (χ4v) is 5.54. The summed E-state index contributed by atoms with van der Waals surface area (Å²) in [6, 6.07) is 15.5. The molecule has 2 heterocycles. The molecular weight excluding hydrogens is 432 g/mol. The lowest BCUT2D eigenvalue weighted by Gasteiger charge is -2.33. The van der Waals surface area contributed by atoms with Crippen LogP contribution in [0.5, 0.6) is 0 Å². The van der Waals surface area contributed by atoms with Crippen molar-refractivity contribution in [3.63, 3.8) is 0 Å². The van der Waals surface area contributed by atoms with Crippen molar-refractivity contribution < 1.29 is 14.7 Å². The van der Waals surface area contributed by atoms with Gasteiger partial charge in [0.15, 0.2) is 0 Å². The van der Waals surface area contributed by atoms with Crippen molar-refractivity contribution in [3.05, 3.63) is 59.6 Å². The van der Waals surface area contributed by atoms with Crippen LogP contribution in [0.25, 0.3) is 21.7 Å². The average molecular weight is 463 g/mol. The van der Waals surface area contributed by atoms with Crippen LogP contribution in [0.2, 0.25) is 0 Å². The molecular formula is C27H30N2O3S. The van der Waals surface area contributed by atoms with E-state index in [9.17, 15) is 14.7 Å². The zero-order valence-corrected chi connectivity index (χ0v) is 20.1. The van der Waals surface area contributed by atoms with E-state index in [0.717, 1.165) is 47.4 Å². The van der Waals surface area contributed by atoms with Gasteiger partial charge in [-0.15, -0.1) is 11.3 Å². The van der Waals surface area contributed by atoms with Gasteiger partial charge in [-0.1, -0.05) is 37.3 Å². The van der Waals surface area contributed by atoms with Gasteiger partial charge in [-0.3, -0.25) is 9.78 Å². The van der Waals surface area contributed by atoms with Crippen LogP contribution in [0.3, 0.4) is 0 Å². The summed E-state index contributed by atoms with van der Waals surface area (Å²) in [5.74, 6) is -0.333. The van der Waals surface area contributed by atoms with Crippen LogP contribution in [-0.4, -0.2) is 28.0 Å². The molecule has 1 aromatic carbocycles. The number of thiophene rings is 1. The van der Waals surface area contributed by atoms with Crippen LogP contribution in [0, 0.1) is 11.8 Å². The Balaban J connectivity index is 1.66. The minimum absolute atomic E-state index is 0.0359. The van der Waals surface area contributed by atoms with Gasteiger partial charge in [0.25, 0.3) is 0 Å². The number of benzene rings is 1. The molecule has 1 amide bonds. The molecule has 4 rings (SSSR count). The second kappa shape index (κ2) is 9.87. The van der Waals surface area contributed by atoms with E-state index in [4.69, 9.17) is 0 Å². The van der Waals surface area contributed by atoms with Crippen molar-refractivity contribution in [1.82, 2.24) is 4.98 Å². The molecule has 1 saturated carbocycles. The second-order valence-corrected chi connectivity index (χ2v) is 10.2. The first kappa shape index (κ1) is 23.2. The molecule has 0 unspecified atom stereocenters. The van der Waals surface area contributed by atoms with Crippen LogP contribution in [-0.2, 0) is 4.79 Å². The maximum absolute atomic E-state index is 13.5. The number of rotatable bonds is 6. The van der Waals surface area contributed by atoms with Crippen LogP contribution >= 0.6 is 11.3 Å². The number of carbonyl (C=O) groups is 2. The predicted molar refractivity (Wildman–Crippen MR) is 134 cm³/mol. The molecule has 1 fully saturated rings. The highest BCUT2D eigenvalue weighted by Gasteiger charge is 2.33. The van der Waals surface area contributed by atoms with Crippen molar-refractivity contribution in [2.45, 2.75) is 52.5 Å². The van der Waals surface area contributed by atoms with Crippen LogP contribution in [0.4, 0.5) is 5.69 Å². The second-order valence-electron chi connectivity index (χ2n) is 9.18. The SMILES string of the molecule is CC1CCC(C(=O)N(c2cc(-c3ccc(-c4ccccn4)cc3)sc2C(=O)O)C(C)C)CC1. The van der Waals surface area contributed by atoms with Gasteiger partial charge < -0.3 is 10.0 Å². The highest BCUT2D eigenvalue weighted by Crippen LogP contribution is 2.40. The van der Waals surface area contributed by atoms with Crippen LogP contribution in [0.1, 0.15) is 56.1 Å². The Hall–Kier alpha value is -2.99. The summed E-state index contributed by atoms with van der Waals surface area (Å²) >= 11 is 1.22. The summed E-state index contributed by atoms with van der Waals surface area (Å²) in [7, 11) is 0. The number of hydrogen-bond donors (Lipinski definition) is 1. The maximum Gasteiger partial charge on any atom is 0.348 e. The lowest BCUT2D eigenvalue weighted by atomic mass is 9.82. The molecule has 1 aliphatic carbocycles. The minimum atomic E-state index is -0.998. The quantitative estimate of drug-likeness (QED) is 0.440. The van der Waals surface area contributed by atoms with E-state index < -0.39 is 5.97 Å². The minimum Gasteiger partial charge on any atom is -0.477 e. The molecule has 5 nitrogen and oxygen atoms in total. The van der Waals surface area contributed by atoms with Crippen LogP contribution < -0.4 is 4.90 Å². The van der Waals surface area contributed by atoms with E-state index in [1.807, 2.05) is 62.4 Å². The Morgan fingerprint density at radius 2 is 1.70 bits per heavy atom. The van der Waals surface area contributed by atoms with Crippen molar-refractivity contribution >= 4 is 28.9 Å². The van der Waals surface area contributed by atoms with Gasteiger partial charge in [0.1, 0.15) is 4.88 Å². The number of hydrogen-bond acceptors (Lipinski definition) is 4. The molecule has 0 bridgehead atoms. The van der Waals surface area contributed by atoms with E-state index in [2.05, 4.69) is 11.9 Å². The lowest BCUT2D eigenvalue weighted by molar-refractivity contribution is -0.123. The lowest BCUT2D eigenvalue weighted by Crippen LogP contribution is -2.42. The number of carboxylic acids is 1. The first-order chi connectivity index (χ1) is 15.8. The number of anilines is 1. The van der Waals surface area contributed by atoms with E-state index in [1.54, 1.807) is 11.1 Å². The summed E-state index contributed by atoms with van der Waals surface area (Å²) < 4.78 is 0. The summed E-state index contributed by atoms with van der Waals surface area (Å²) in [5.41, 5.74) is 3.33. The Morgan fingerprint density at radius 1 is 1.03 bits per heavy atom. The molecule has 1 aliphatic rings. The third kappa shape index (κ3) is 5.01. The van der Waals surface area contributed by atoms with Crippen molar-refractivity contribution in [1.29, 1.82) is 0 Å². The first-order valence-corrected chi connectivity index (χ1v) is 12.4. The third-order valence-electron chi connectivity index (χ3n) is 6.42. The van der Waals surface area contributed by atoms with Gasteiger partial charge in [0.05, 0.1) is 11.4 Å². The molecule has 3 aromatic rings. The van der Waals surface area contributed by atoms with E-state index in [-0.39, 0.29) is 22.7 Å². The van der Waals surface area contributed by atoms with Crippen molar-refractivity contribution in [3.8, 4) is 21.7 Å². The fraction of sp³-hybridized carbons (Fsp3) is 0.370. The first-order valence-electron chi connectivity index (χ1n) is 11.6. The molecule has 6 heteroatoms. The highest BCUT2D eigenvalue weighted by molar-refractivity contribution is 7.18. The van der Waals surface area contributed by atoms with Gasteiger partial charge in [-0.25, -0.2) is 4.79 Å². The Kier molecular flexibility index (Phi) is 6.94. The number of aromatic carboxylic acids is 1. The molecule has 2 aromatic heterocycles. The topological polar surface area (TPSA) is 70.5 Å².